The number of thiocarbonyl (C=S) groups is 1. The maximum atomic E-state index is 12.9. The Balaban J connectivity index is 1.53. The number of benzene rings is 1. The zero-order chi connectivity index (χ0) is 19.8. The van der Waals surface area contributed by atoms with Crippen molar-refractivity contribution in [2.75, 3.05) is 33.2 Å². The van der Waals surface area contributed by atoms with E-state index in [1.54, 1.807) is 23.2 Å². The fourth-order valence-electron chi connectivity index (χ4n) is 3.06. The predicted molar refractivity (Wildman–Crippen MR) is 118 cm³/mol. The molecule has 28 heavy (non-hydrogen) atoms. The monoisotopic (exact) mass is 453 g/mol. The van der Waals surface area contributed by atoms with Gasteiger partial charge in [0.2, 0.25) is 0 Å². The van der Waals surface area contributed by atoms with Gasteiger partial charge in [0.15, 0.2) is 4.32 Å². The summed E-state index contributed by atoms with van der Waals surface area (Å²) in [4.78, 5) is 15.7. The molecule has 2 fully saturated rings. The van der Waals surface area contributed by atoms with Crippen molar-refractivity contribution in [1.82, 2.24) is 14.9 Å². The van der Waals surface area contributed by atoms with Crippen LogP contribution >= 0.6 is 47.2 Å². The van der Waals surface area contributed by atoms with Crippen LogP contribution < -0.4 is 0 Å². The van der Waals surface area contributed by atoms with Gasteiger partial charge >= 0.3 is 0 Å². The molecule has 5 nitrogen and oxygen atoms in total. The Morgan fingerprint density at radius 1 is 1.11 bits per heavy atom. The number of carbonyl (C=O) groups excluding carboxylic acids is 1. The van der Waals surface area contributed by atoms with Gasteiger partial charge in [0.1, 0.15) is 11.5 Å². The first kappa shape index (κ1) is 19.9. The number of hydrogen-bond donors (Lipinski definition) is 0. The molecule has 0 radical (unpaired) electrons. The van der Waals surface area contributed by atoms with E-state index < -0.39 is 0 Å². The van der Waals surface area contributed by atoms with Crippen molar-refractivity contribution < 1.29 is 9.21 Å². The molecule has 146 valence electrons. The van der Waals surface area contributed by atoms with Crippen LogP contribution in [0.4, 0.5) is 0 Å². The highest BCUT2D eigenvalue weighted by atomic mass is 35.5. The Morgan fingerprint density at radius 3 is 2.57 bits per heavy atom. The third kappa shape index (κ3) is 4.01. The maximum Gasteiger partial charge on any atom is 0.281 e. The van der Waals surface area contributed by atoms with Gasteiger partial charge in [-0.05, 0) is 37.4 Å². The molecule has 0 aliphatic carbocycles. The first-order chi connectivity index (χ1) is 13.4. The van der Waals surface area contributed by atoms with Gasteiger partial charge in [-0.2, -0.15) is 0 Å². The molecule has 2 aliphatic rings. The average molecular weight is 454 g/mol. The molecule has 2 saturated heterocycles. The smallest absolute Gasteiger partial charge is 0.281 e. The van der Waals surface area contributed by atoms with E-state index in [-0.39, 0.29) is 5.91 Å². The molecule has 4 rings (SSSR count). The van der Waals surface area contributed by atoms with Crippen LogP contribution in [0.2, 0.25) is 10.0 Å². The van der Waals surface area contributed by atoms with E-state index in [0.717, 1.165) is 31.7 Å². The minimum absolute atomic E-state index is 0.105. The van der Waals surface area contributed by atoms with Gasteiger partial charge in [0, 0.05) is 37.8 Å². The molecule has 1 aromatic heterocycles. The standard InChI is InChI=1S/C19H17Cl2N3O2S2/c1-22-6-8-23(9-7-22)24-18(25)17(28-19(24)27)11-13-3-5-16(26-13)12-2-4-14(20)15(21)10-12/h2-5,10-11H,6-9H2,1H3. The second kappa shape index (κ2) is 8.18. The van der Waals surface area contributed by atoms with Crippen molar-refractivity contribution in [3.63, 3.8) is 0 Å². The Morgan fingerprint density at radius 2 is 1.86 bits per heavy atom. The molecule has 0 atom stereocenters. The molecular weight excluding hydrogens is 437 g/mol. The number of rotatable bonds is 3. The van der Waals surface area contributed by atoms with Crippen molar-refractivity contribution in [2.45, 2.75) is 0 Å². The lowest BCUT2D eigenvalue weighted by Crippen LogP contribution is -2.54. The number of hydrogen-bond acceptors (Lipinski definition) is 6. The summed E-state index contributed by atoms with van der Waals surface area (Å²) in [5.41, 5.74) is 0.819. The Labute approximate surface area is 182 Å². The highest BCUT2D eigenvalue weighted by Gasteiger charge is 2.37. The van der Waals surface area contributed by atoms with E-state index in [1.165, 1.54) is 11.8 Å². The lowest BCUT2D eigenvalue weighted by atomic mass is 10.2. The largest absolute Gasteiger partial charge is 0.457 e. The zero-order valence-electron chi connectivity index (χ0n) is 15.0. The van der Waals surface area contributed by atoms with Gasteiger partial charge < -0.3 is 9.32 Å². The van der Waals surface area contributed by atoms with E-state index in [9.17, 15) is 4.79 Å². The van der Waals surface area contributed by atoms with Crippen molar-refractivity contribution in [1.29, 1.82) is 0 Å². The molecule has 0 unspecified atom stereocenters. The summed E-state index contributed by atoms with van der Waals surface area (Å²) in [5.74, 6) is 1.13. The third-order valence-corrected chi connectivity index (χ3v) is 6.66. The van der Waals surface area contributed by atoms with E-state index in [0.29, 0.717) is 30.8 Å². The molecule has 2 aliphatic heterocycles. The highest BCUT2D eigenvalue weighted by Crippen LogP contribution is 2.35. The number of nitrogens with zero attached hydrogens (tertiary/aromatic N) is 3. The number of hydrazine groups is 1. The molecule has 0 spiro atoms. The number of piperazine rings is 1. The zero-order valence-corrected chi connectivity index (χ0v) is 18.2. The summed E-state index contributed by atoms with van der Waals surface area (Å²) >= 11 is 18.8. The van der Waals surface area contributed by atoms with Crippen molar-refractivity contribution in [3.8, 4) is 11.3 Å². The minimum Gasteiger partial charge on any atom is -0.457 e. The van der Waals surface area contributed by atoms with Gasteiger partial charge in [-0.15, -0.1) is 0 Å². The Hall–Kier alpha value is -1.35. The summed E-state index contributed by atoms with van der Waals surface area (Å²) < 4.78 is 6.43. The molecule has 1 amide bonds. The number of amides is 1. The minimum atomic E-state index is -0.105. The van der Waals surface area contributed by atoms with Crippen LogP contribution in [0.25, 0.3) is 17.4 Å². The Bertz CT molecular complexity index is 968. The molecule has 9 heteroatoms. The molecule has 1 aromatic carbocycles. The number of likely N-dealkylation sites (N-methyl/N-ethyl adjacent to an activating group) is 1. The van der Waals surface area contributed by atoms with Crippen LogP contribution in [-0.4, -0.2) is 58.4 Å². The topological polar surface area (TPSA) is 39.9 Å². The SMILES string of the molecule is CN1CCN(N2C(=O)C(=Cc3ccc(-c4ccc(Cl)c(Cl)c4)o3)SC2=S)CC1. The van der Waals surface area contributed by atoms with Crippen LogP contribution in [0.15, 0.2) is 39.7 Å². The van der Waals surface area contributed by atoms with Gasteiger partial charge in [-0.3, -0.25) is 4.79 Å². The first-order valence-electron chi connectivity index (χ1n) is 8.69. The molecule has 0 N–H and O–H groups in total. The number of halogens is 2. The number of carbonyl (C=O) groups is 1. The van der Waals surface area contributed by atoms with Gasteiger partial charge in [0.05, 0.1) is 15.0 Å². The fourth-order valence-corrected chi connectivity index (χ4v) is 4.65. The lowest BCUT2D eigenvalue weighted by Gasteiger charge is -2.37. The molecular formula is C19H17Cl2N3O2S2. The quantitative estimate of drug-likeness (QED) is 0.498. The lowest BCUT2D eigenvalue weighted by molar-refractivity contribution is -0.135. The summed E-state index contributed by atoms with van der Waals surface area (Å²) in [5, 5.41) is 4.58. The van der Waals surface area contributed by atoms with Crippen molar-refractivity contribution in [3.05, 3.63) is 51.0 Å². The second-order valence-corrected chi connectivity index (χ2v) is 9.07. The molecule has 2 aromatic rings. The predicted octanol–water partition coefficient (Wildman–Crippen LogP) is 4.62. The maximum absolute atomic E-state index is 12.9. The Kier molecular flexibility index (Phi) is 5.83. The average Bonchev–Trinajstić information content (AvgIpc) is 3.24. The van der Waals surface area contributed by atoms with Crippen LogP contribution in [-0.2, 0) is 4.79 Å². The van der Waals surface area contributed by atoms with Crippen LogP contribution in [0, 0.1) is 0 Å². The van der Waals surface area contributed by atoms with Crippen molar-refractivity contribution >= 4 is 63.5 Å². The van der Waals surface area contributed by atoms with Crippen LogP contribution in [0.3, 0.4) is 0 Å². The highest BCUT2D eigenvalue weighted by molar-refractivity contribution is 8.26. The summed E-state index contributed by atoms with van der Waals surface area (Å²) in [6, 6.07) is 8.97. The normalized spacial score (nSPS) is 20.5. The van der Waals surface area contributed by atoms with Gasteiger partial charge in [-0.1, -0.05) is 47.2 Å². The molecule has 0 saturated carbocycles. The van der Waals surface area contributed by atoms with Gasteiger partial charge in [0.25, 0.3) is 5.91 Å². The third-order valence-electron chi connectivity index (χ3n) is 4.64. The number of furan rings is 1. The molecule has 3 heterocycles. The van der Waals surface area contributed by atoms with Gasteiger partial charge in [-0.25, -0.2) is 10.0 Å². The van der Waals surface area contributed by atoms with E-state index in [1.807, 2.05) is 23.2 Å². The second-order valence-electron chi connectivity index (χ2n) is 6.58. The summed E-state index contributed by atoms with van der Waals surface area (Å²) in [6.45, 7) is 3.36. The molecule has 0 bridgehead atoms. The first-order valence-corrected chi connectivity index (χ1v) is 10.7. The van der Waals surface area contributed by atoms with E-state index in [4.69, 9.17) is 39.8 Å². The van der Waals surface area contributed by atoms with Crippen LogP contribution in [0.5, 0.6) is 0 Å². The van der Waals surface area contributed by atoms with Crippen LogP contribution in [0.1, 0.15) is 5.76 Å². The summed E-state index contributed by atoms with van der Waals surface area (Å²) in [6.07, 6.45) is 1.73. The number of thioether (sulfide) groups is 1. The van der Waals surface area contributed by atoms with Crippen molar-refractivity contribution in [2.24, 2.45) is 0 Å². The van der Waals surface area contributed by atoms with E-state index in [2.05, 4.69) is 11.9 Å². The van der Waals surface area contributed by atoms with E-state index >= 15 is 0 Å². The summed E-state index contributed by atoms with van der Waals surface area (Å²) in [7, 11) is 2.07. The fraction of sp³-hybridized carbons (Fsp3) is 0.263.